The molecule has 0 bridgehead atoms. The molecule has 0 spiro atoms. The second-order valence-electron chi connectivity index (χ2n) is 5.70. The van der Waals surface area contributed by atoms with Crippen LogP contribution in [0.15, 0.2) is 35.7 Å². The van der Waals surface area contributed by atoms with Crippen LogP contribution in [0.1, 0.15) is 48.1 Å². The zero-order valence-corrected chi connectivity index (χ0v) is 14.1. The summed E-state index contributed by atoms with van der Waals surface area (Å²) >= 11 is 1.38. The maximum atomic E-state index is 11.4. The van der Waals surface area contributed by atoms with Crippen LogP contribution >= 0.6 is 11.3 Å². The Morgan fingerprint density at radius 2 is 2.09 bits per heavy atom. The van der Waals surface area contributed by atoms with E-state index in [0.29, 0.717) is 4.88 Å². The number of carbonyl (C=O) groups excluding carboxylic acids is 1. The first-order chi connectivity index (χ1) is 11.2. The van der Waals surface area contributed by atoms with Gasteiger partial charge in [0, 0.05) is 11.8 Å². The average Bonchev–Trinajstić information content (AvgIpc) is 3.15. The first kappa shape index (κ1) is 15.7. The van der Waals surface area contributed by atoms with E-state index < -0.39 is 0 Å². The monoisotopic (exact) mass is 327 g/mol. The molecule has 0 aliphatic heterocycles. The number of aromatic nitrogens is 2. The van der Waals surface area contributed by atoms with Gasteiger partial charge in [0.2, 0.25) is 0 Å². The van der Waals surface area contributed by atoms with E-state index in [1.807, 2.05) is 29.6 Å². The van der Waals surface area contributed by atoms with Crippen molar-refractivity contribution in [3.8, 4) is 5.69 Å². The number of carbonyl (C=O) groups is 1. The van der Waals surface area contributed by atoms with E-state index in [1.165, 1.54) is 30.6 Å². The standard InChI is InChI=1S/C18H21N3OS/c1-2-3-4-5-10-17-20-14-8-6-7-9-15(14)21(17)13-11-16(18(19)22)23-12-13/h6-9,11-12H,2-5,10H2,1H3,(H2,19,22). The lowest BCUT2D eigenvalue weighted by Gasteiger charge is -2.07. The Balaban J connectivity index is 1.99. The molecule has 2 N–H and O–H groups in total. The van der Waals surface area contributed by atoms with Gasteiger partial charge < -0.3 is 5.73 Å². The molecule has 120 valence electrons. The van der Waals surface area contributed by atoms with Gasteiger partial charge in [0.1, 0.15) is 5.82 Å². The van der Waals surface area contributed by atoms with Crippen LogP contribution in [0.25, 0.3) is 16.7 Å². The minimum atomic E-state index is -0.379. The first-order valence-corrected chi connectivity index (χ1v) is 8.93. The number of hydrogen-bond acceptors (Lipinski definition) is 3. The summed E-state index contributed by atoms with van der Waals surface area (Å²) in [5, 5.41) is 1.98. The van der Waals surface area contributed by atoms with Crippen molar-refractivity contribution in [2.45, 2.75) is 39.0 Å². The summed E-state index contributed by atoms with van der Waals surface area (Å²) in [4.78, 5) is 16.8. The van der Waals surface area contributed by atoms with Gasteiger partial charge in [0.15, 0.2) is 0 Å². The van der Waals surface area contributed by atoms with Crippen molar-refractivity contribution in [2.75, 3.05) is 0 Å². The number of nitrogens with zero attached hydrogens (tertiary/aromatic N) is 2. The van der Waals surface area contributed by atoms with Crippen LogP contribution in [-0.2, 0) is 6.42 Å². The van der Waals surface area contributed by atoms with Crippen molar-refractivity contribution in [3.05, 3.63) is 46.4 Å². The Bertz CT molecular complexity index is 819. The van der Waals surface area contributed by atoms with Gasteiger partial charge in [0.05, 0.1) is 21.6 Å². The van der Waals surface area contributed by atoms with E-state index >= 15 is 0 Å². The van der Waals surface area contributed by atoms with Crippen molar-refractivity contribution in [3.63, 3.8) is 0 Å². The molecule has 0 unspecified atom stereocenters. The lowest BCUT2D eigenvalue weighted by molar-refractivity contribution is 0.100. The largest absolute Gasteiger partial charge is 0.365 e. The highest BCUT2D eigenvalue weighted by Crippen LogP contribution is 2.26. The molecular formula is C18H21N3OS. The molecule has 0 atom stereocenters. The summed E-state index contributed by atoms with van der Waals surface area (Å²) in [5.41, 5.74) is 8.43. The van der Waals surface area contributed by atoms with E-state index in [-0.39, 0.29) is 5.91 Å². The summed E-state index contributed by atoms with van der Waals surface area (Å²) < 4.78 is 2.16. The minimum Gasteiger partial charge on any atom is -0.365 e. The van der Waals surface area contributed by atoms with Gasteiger partial charge in [-0.1, -0.05) is 38.3 Å². The molecule has 0 saturated heterocycles. The van der Waals surface area contributed by atoms with Crippen LogP contribution in [0.3, 0.4) is 0 Å². The van der Waals surface area contributed by atoms with Gasteiger partial charge in [-0.15, -0.1) is 11.3 Å². The summed E-state index contributed by atoms with van der Waals surface area (Å²) in [6.45, 7) is 2.21. The fourth-order valence-electron chi connectivity index (χ4n) is 2.81. The normalized spacial score (nSPS) is 11.2. The highest BCUT2D eigenvalue weighted by molar-refractivity contribution is 7.12. The smallest absolute Gasteiger partial charge is 0.258 e. The fraction of sp³-hybridized carbons (Fsp3) is 0.333. The number of hydrogen-bond donors (Lipinski definition) is 1. The van der Waals surface area contributed by atoms with Crippen LogP contribution in [0.4, 0.5) is 0 Å². The number of nitrogens with two attached hydrogens (primary N) is 1. The zero-order valence-electron chi connectivity index (χ0n) is 13.3. The molecule has 1 amide bonds. The van der Waals surface area contributed by atoms with Crippen molar-refractivity contribution >= 4 is 28.3 Å². The average molecular weight is 327 g/mol. The number of para-hydroxylation sites is 2. The summed E-state index contributed by atoms with van der Waals surface area (Å²) in [5.74, 6) is 0.672. The molecule has 2 heterocycles. The topological polar surface area (TPSA) is 60.9 Å². The van der Waals surface area contributed by atoms with Crippen LogP contribution in [0, 0.1) is 0 Å². The molecule has 0 aliphatic rings. The Morgan fingerprint density at radius 1 is 1.26 bits per heavy atom. The molecule has 0 aliphatic carbocycles. The molecule has 23 heavy (non-hydrogen) atoms. The van der Waals surface area contributed by atoms with Crippen LogP contribution in [-0.4, -0.2) is 15.5 Å². The Morgan fingerprint density at radius 3 is 2.83 bits per heavy atom. The Labute approximate surface area is 140 Å². The SMILES string of the molecule is CCCCCCc1nc2ccccc2n1-c1csc(C(N)=O)c1. The molecule has 2 aromatic heterocycles. The molecule has 1 aromatic carbocycles. The Kier molecular flexibility index (Phi) is 4.76. The molecule has 3 aromatic rings. The highest BCUT2D eigenvalue weighted by Gasteiger charge is 2.14. The van der Waals surface area contributed by atoms with Crippen molar-refractivity contribution in [1.29, 1.82) is 0 Å². The minimum absolute atomic E-state index is 0.379. The second-order valence-corrected chi connectivity index (χ2v) is 6.61. The number of benzene rings is 1. The zero-order chi connectivity index (χ0) is 16.2. The quantitative estimate of drug-likeness (QED) is 0.657. The molecule has 0 saturated carbocycles. The first-order valence-electron chi connectivity index (χ1n) is 8.05. The second kappa shape index (κ2) is 6.96. The van der Waals surface area contributed by atoms with Crippen molar-refractivity contribution in [1.82, 2.24) is 9.55 Å². The molecule has 5 heteroatoms. The van der Waals surface area contributed by atoms with Gasteiger partial charge >= 0.3 is 0 Å². The lowest BCUT2D eigenvalue weighted by atomic mass is 10.1. The van der Waals surface area contributed by atoms with Crippen LogP contribution in [0.5, 0.6) is 0 Å². The number of amides is 1. The van der Waals surface area contributed by atoms with E-state index in [2.05, 4.69) is 17.6 Å². The molecular weight excluding hydrogens is 306 g/mol. The number of aryl methyl sites for hydroxylation is 1. The van der Waals surface area contributed by atoms with Crippen molar-refractivity contribution < 1.29 is 4.79 Å². The third kappa shape index (κ3) is 3.29. The lowest BCUT2D eigenvalue weighted by Crippen LogP contribution is -2.08. The molecule has 0 fully saturated rings. The van der Waals surface area contributed by atoms with Gasteiger partial charge in [-0.25, -0.2) is 4.98 Å². The predicted octanol–water partition coefficient (Wildman–Crippen LogP) is 4.31. The van der Waals surface area contributed by atoms with E-state index in [4.69, 9.17) is 10.7 Å². The van der Waals surface area contributed by atoms with Gasteiger partial charge in [-0.2, -0.15) is 0 Å². The number of fused-ring (bicyclic) bond motifs is 1. The Hall–Kier alpha value is -2.14. The van der Waals surface area contributed by atoms with Gasteiger partial charge in [-0.05, 0) is 24.6 Å². The summed E-state index contributed by atoms with van der Waals surface area (Å²) in [6, 6.07) is 9.98. The van der Waals surface area contributed by atoms with E-state index in [1.54, 1.807) is 0 Å². The fourth-order valence-corrected chi connectivity index (χ4v) is 3.54. The van der Waals surface area contributed by atoms with Crippen LogP contribution < -0.4 is 5.73 Å². The highest BCUT2D eigenvalue weighted by atomic mass is 32.1. The predicted molar refractivity (Wildman–Crippen MR) is 95.3 cm³/mol. The number of primary amides is 1. The molecule has 3 rings (SSSR count). The third-order valence-corrected chi connectivity index (χ3v) is 4.90. The molecule has 4 nitrogen and oxygen atoms in total. The van der Waals surface area contributed by atoms with Crippen molar-refractivity contribution in [2.24, 2.45) is 5.73 Å². The third-order valence-electron chi connectivity index (χ3n) is 3.97. The summed E-state index contributed by atoms with van der Waals surface area (Å²) in [6.07, 6.45) is 5.77. The number of thiophene rings is 1. The van der Waals surface area contributed by atoms with Gasteiger partial charge in [0.25, 0.3) is 5.91 Å². The number of imidazole rings is 1. The van der Waals surface area contributed by atoms with E-state index in [0.717, 1.165) is 35.4 Å². The maximum Gasteiger partial charge on any atom is 0.258 e. The number of rotatable bonds is 7. The van der Waals surface area contributed by atoms with Gasteiger partial charge in [-0.3, -0.25) is 9.36 Å². The van der Waals surface area contributed by atoms with E-state index in [9.17, 15) is 4.79 Å². The van der Waals surface area contributed by atoms with Crippen LogP contribution in [0.2, 0.25) is 0 Å². The molecule has 0 radical (unpaired) electrons. The maximum absolute atomic E-state index is 11.4. The number of unbranched alkanes of at least 4 members (excludes halogenated alkanes) is 3. The summed E-state index contributed by atoms with van der Waals surface area (Å²) in [7, 11) is 0.